The number of Topliss-reactive ketones (excluding diaryl/α,β-unsaturated/α-hetero) is 1. The molecule has 0 fully saturated rings. The first kappa shape index (κ1) is 18.8. The van der Waals surface area contributed by atoms with Crippen LogP contribution in [0, 0.1) is 0 Å². The van der Waals surface area contributed by atoms with E-state index in [0.717, 1.165) is 22.4 Å². The van der Waals surface area contributed by atoms with Gasteiger partial charge in [0.2, 0.25) is 5.89 Å². The largest absolute Gasteiger partial charge is 0.436 e. The number of rotatable bonds is 5. The van der Waals surface area contributed by atoms with Gasteiger partial charge in [-0.05, 0) is 18.2 Å². The van der Waals surface area contributed by atoms with Crippen LogP contribution in [0.1, 0.15) is 22.3 Å². The van der Waals surface area contributed by atoms with E-state index in [9.17, 15) is 9.59 Å². The topological polar surface area (TPSA) is 72.2 Å². The van der Waals surface area contributed by atoms with Crippen molar-refractivity contribution in [1.82, 2.24) is 4.98 Å². The summed E-state index contributed by atoms with van der Waals surface area (Å²) in [5.41, 5.74) is 4.46. The van der Waals surface area contributed by atoms with Gasteiger partial charge < -0.3 is 9.73 Å². The summed E-state index contributed by atoms with van der Waals surface area (Å²) >= 11 is 0. The summed E-state index contributed by atoms with van der Waals surface area (Å²) in [5.74, 6) is 0.952. The van der Waals surface area contributed by atoms with E-state index < -0.39 is 0 Å². The second-order valence-electron chi connectivity index (χ2n) is 7.22. The third-order valence-corrected chi connectivity index (χ3v) is 5.22. The van der Waals surface area contributed by atoms with Gasteiger partial charge in [-0.3, -0.25) is 9.59 Å². The Morgan fingerprint density at radius 1 is 0.903 bits per heavy atom. The number of carbonyl (C=O) groups excluding carboxylic acids is 2. The molecule has 0 radical (unpaired) electrons. The third-order valence-electron chi connectivity index (χ3n) is 5.22. The number of ketones is 1. The van der Waals surface area contributed by atoms with Crippen LogP contribution in [0.3, 0.4) is 0 Å². The van der Waals surface area contributed by atoms with E-state index in [1.807, 2.05) is 66.7 Å². The Bertz CT molecular complexity index is 1300. The molecule has 31 heavy (non-hydrogen) atoms. The molecular formula is C26H18N2O3. The molecule has 3 aromatic carbocycles. The molecule has 0 saturated heterocycles. The minimum absolute atomic E-state index is 0.0615. The maximum absolute atomic E-state index is 12.6. The summed E-state index contributed by atoms with van der Waals surface area (Å²) in [7, 11) is 0. The van der Waals surface area contributed by atoms with E-state index in [4.69, 9.17) is 4.42 Å². The number of fused-ring (bicyclic) bond motifs is 1. The molecule has 5 nitrogen and oxygen atoms in total. The number of amides is 1. The molecule has 4 aromatic rings. The number of nitrogens with one attached hydrogen (secondary N) is 1. The molecule has 1 N–H and O–H groups in total. The molecule has 1 amide bonds. The highest BCUT2D eigenvalue weighted by Gasteiger charge is 2.23. The number of hydrogen-bond donors (Lipinski definition) is 1. The number of benzene rings is 3. The van der Waals surface area contributed by atoms with Gasteiger partial charge in [0.25, 0.3) is 5.91 Å². The molecular weight excluding hydrogens is 388 g/mol. The number of hydrogen-bond acceptors (Lipinski definition) is 4. The van der Waals surface area contributed by atoms with Gasteiger partial charge in [0.05, 0.1) is 6.20 Å². The fourth-order valence-corrected chi connectivity index (χ4v) is 3.60. The molecule has 0 saturated carbocycles. The van der Waals surface area contributed by atoms with Crippen LogP contribution in [0.15, 0.2) is 95.6 Å². The third kappa shape index (κ3) is 3.69. The van der Waals surface area contributed by atoms with Gasteiger partial charge in [-0.15, -0.1) is 0 Å². The molecule has 1 aliphatic heterocycles. The Morgan fingerprint density at radius 2 is 1.65 bits per heavy atom. The summed E-state index contributed by atoms with van der Waals surface area (Å²) < 4.78 is 5.87. The maximum Gasteiger partial charge on any atom is 0.256 e. The monoisotopic (exact) mass is 406 g/mol. The smallest absolute Gasteiger partial charge is 0.256 e. The predicted octanol–water partition coefficient (Wildman–Crippen LogP) is 5.62. The zero-order valence-electron chi connectivity index (χ0n) is 16.5. The predicted molar refractivity (Wildman–Crippen MR) is 119 cm³/mol. The van der Waals surface area contributed by atoms with Crippen molar-refractivity contribution in [2.75, 3.05) is 5.32 Å². The molecule has 0 aliphatic carbocycles. The average molecular weight is 406 g/mol. The van der Waals surface area contributed by atoms with Crippen molar-refractivity contribution in [3.8, 4) is 22.8 Å². The quantitative estimate of drug-likeness (QED) is 0.345. The Morgan fingerprint density at radius 3 is 2.45 bits per heavy atom. The molecule has 1 aliphatic rings. The minimum atomic E-state index is -0.178. The number of nitrogens with zero attached hydrogens (tertiary/aromatic N) is 1. The van der Waals surface area contributed by atoms with Crippen molar-refractivity contribution in [2.45, 2.75) is 6.42 Å². The van der Waals surface area contributed by atoms with Crippen molar-refractivity contribution >= 4 is 23.0 Å². The first-order chi connectivity index (χ1) is 15.2. The Labute approximate surface area is 179 Å². The van der Waals surface area contributed by atoms with Crippen molar-refractivity contribution in [1.29, 1.82) is 0 Å². The highest BCUT2D eigenvalue weighted by molar-refractivity contribution is 6.31. The van der Waals surface area contributed by atoms with E-state index in [1.165, 1.54) is 0 Å². The van der Waals surface area contributed by atoms with E-state index in [0.29, 0.717) is 22.8 Å². The molecule has 0 bridgehead atoms. The fourth-order valence-electron chi connectivity index (χ4n) is 3.60. The van der Waals surface area contributed by atoms with Crippen molar-refractivity contribution in [3.05, 3.63) is 102 Å². The van der Waals surface area contributed by atoms with E-state index in [-0.39, 0.29) is 18.1 Å². The second kappa shape index (κ2) is 7.88. The van der Waals surface area contributed by atoms with Gasteiger partial charge in [-0.25, -0.2) is 4.98 Å². The van der Waals surface area contributed by atoms with Crippen LogP contribution >= 0.6 is 0 Å². The number of aromatic nitrogens is 1. The highest BCUT2D eigenvalue weighted by Crippen LogP contribution is 2.31. The average Bonchev–Trinajstić information content (AvgIpc) is 3.43. The van der Waals surface area contributed by atoms with Crippen LogP contribution in [0.25, 0.3) is 28.4 Å². The standard InChI is InChI=1S/C26H18N2O3/c29-23(15-14-21-20-8-4-5-9-22(20)28-25(21)30)17-10-12-19(13-11-17)26-27-16-24(31-26)18-6-2-1-3-7-18/h1-14,16H,15H2,(H,28,30). The summed E-state index contributed by atoms with van der Waals surface area (Å²) in [6, 6.07) is 24.4. The van der Waals surface area contributed by atoms with Gasteiger partial charge in [0, 0.05) is 39.9 Å². The molecule has 2 heterocycles. The van der Waals surface area contributed by atoms with E-state index >= 15 is 0 Å². The lowest BCUT2D eigenvalue weighted by molar-refractivity contribution is -0.110. The summed E-state index contributed by atoms with van der Waals surface area (Å²) in [5, 5.41) is 2.81. The minimum Gasteiger partial charge on any atom is -0.436 e. The summed E-state index contributed by atoms with van der Waals surface area (Å²) in [4.78, 5) is 29.2. The molecule has 0 unspecified atom stereocenters. The lowest BCUT2D eigenvalue weighted by Crippen LogP contribution is -2.04. The fraction of sp³-hybridized carbons (Fsp3) is 0.0385. The summed E-state index contributed by atoms with van der Waals surface area (Å²) in [6.45, 7) is 0. The molecule has 5 heteroatoms. The van der Waals surface area contributed by atoms with Gasteiger partial charge in [0.1, 0.15) is 0 Å². The highest BCUT2D eigenvalue weighted by atomic mass is 16.4. The van der Waals surface area contributed by atoms with Gasteiger partial charge in [-0.2, -0.15) is 0 Å². The van der Waals surface area contributed by atoms with Crippen LogP contribution in [-0.2, 0) is 4.79 Å². The van der Waals surface area contributed by atoms with Gasteiger partial charge >= 0.3 is 0 Å². The lowest BCUT2D eigenvalue weighted by atomic mass is 10.0. The molecule has 0 atom stereocenters. The first-order valence-electron chi connectivity index (χ1n) is 9.95. The number of allylic oxidation sites excluding steroid dienone is 1. The van der Waals surface area contributed by atoms with Crippen LogP contribution < -0.4 is 5.32 Å². The SMILES string of the molecule is O=C1Nc2ccccc2C1=CCC(=O)c1ccc(-c2ncc(-c3ccccc3)o2)cc1. The Hall–Kier alpha value is -4.25. The Kier molecular flexibility index (Phi) is 4.77. The molecule has 0 spiro atoms. The van der Waals surface area contributed by atoms with Crippen LogP contribution in [0.5, 0.6) is 0 Å². The van der Waals surface area contributed by atoms with Crippen molar-refractivity contribution in [3.63, 3.8) is 0 Å². The number of para-hydroxylation sites is 1. The van der Waals surface area contributed by atoms with Crippen LogP contribution in [-0.4, -0.2) is 16.7 Å². The molecule has 5 rings (SSSR count). The van der Waals surface area contributed by atoms with E-state index in [1.54, 1.807) is 24.4 Å². The molecule has 150 valence electrons. The van der Waals surface area contributed by atoms with Crippen LogP contribution in [0.2, 0.25) is 0 Å². The number of oxazole rings is 1. The van der Waals surface area contributed by atoms with Crippen molar-refractivity contribution in [2.24, 2.45) is 0 Å². The second-order valence-corrected chi connectivity index (χ2v) is 7.22. The number of anilines is 1. The zero-order chi connectivity index (χ0) is 21.2. The van der Waals surface area contributed by atoms with Crippen LogP contribution in [0.4, 0.5) is 5.69 Å². The normalized spacial score (nSPS) is 13.8. The summed E-state index contributed by atoms with van der Waals surface area (Å²) in [6.07, 6.45) is 3.53. The first-order valence-corrected chi connectivity index (χ1v) is 9.95. The van der Waals surface area contributed by atoms with Gasteiger partial charge in [-0.1, -0.05) is 66.7 Å². The lowest BCUT2D eigenvalue weighted by Gasteiger charge is -2.01. The molecule has 1 aromatic heterocycles. The zero-order valence-corrected chi connectivity index (χ0v) is 16.5. The Balaban J connectivity index is 1.31. The number of carbonyl (C=O) groups is 2. The van der Waals surface area contributed by atoms with E-state index in [2.05, 4.69) is 10.3 Å². The maximum atomic E-state index is 12.6. The van der Waals surface area contributed by atoms with Gasteiger partial charge in [0.15, 0.2) is 11.5 Å². The van der Waals surface area contributed by atoms with Crippen molar-refractivity contribution < 1.29 is 14.0 Å².